The molecule has 1 aliphatic rings. The van der Waals surface area contributed by atoms with Gasteiger partial charge < -0.3 is 15.8 Å². The summed E-state index contributed by atoms with van der Waals surface area (Å²) in [5.41, 5.74) is 6.16. The van der Waals surface area contributed by atoms with Crippen LogP contribution in [0, 0.1) is 11.8 Å². The molecule has 0 spiro atoms. The van der Waals surface area contributed by atoms with Gasteiger partial charge in [-0.05, 0) is 37.3 Å². The molecule has 1 aromatic rings. The van der Waals surface area contributed by atoms with Crippen molar-refractivity contribution in [1.82, 2.24) is 5.32 Å². The van der Waals surface area contributed by atoms with Crippen molar-refractivity contribution in [1.29, 1.82) is 0 Å². The molecule has 0 heterocycles. The maximum Gasteiger partial charge on any atom is 0.573 e. The second kappa shape index (κ2) is 6.66. The van der Waals surface area contributed by atoms with E-state index < -0.39 is 6.36 Å². The number of para-hydroxylation sites is 1. The average Bonchev–Trinajstić information content (AvgIpc) is 3.23. The molecule has 1 fully saturated rings. The Morgan fingerprint density at radius 2 is 2.00 bits per heavy atom. The lowest BCUT2D eigenvalue weighted by molar-refractivity contribution is -0.275. The number of hydrogen-bond acceptors (Lipinski definition) is 3. The molecule has 2 unspecified atom stereocenters. The van der Waals surface area contributed by atoms with Crippen molar-refractivity contribution in [3.63, 3.8) is 0 Å². The van der Waals surface area contributed by atoms with Gasteiger partial charge in [0.05, 0.1) is 0 Å². The summed E-state index contributed by atoms with van der Waals surface area (Å²) in [5.74, 6) is 1.05. The molecule has 1 aromatic carbocycles. The van der Waals surface area contributed by atoms with Crippen LogP contribution in [0.25, 0.3) is 0 Å². The molecule has 6 heteroatoms. The van der Waals surface area contributed by atoms with Crippen LogP contribution in [0.2, 0.25) is 0 Å². The predicted molar refractivity (Wildman–Crippen MR) is 74.8 cm³/mol. The van der Waals surface area contributed by atoms with Gasteiger partial charge in [0.15, 0.2) is 0 Å². The third-order valence-corrected chi connectivity index (χ3v) is 3.87. The molecule has 3 N–H and O–H groups in total. The highest BCUT2D eigenvalue weighted by Gasteiger charge is 2.33. The van der Waals surface area contributed by atoms with Gasteiger partial charge in [-0.15, -0.1) is 13.2 Å². The first-order chi connectivity index (χ1) is 9.90. The lowest BCUT2D eigenvalue weighted by Crippen LogP contribution is -2.33. The minimum atomic E-state index is -4.70. The van der Waals surface area contributed by atoms with Crippen LogP contribution in [-0.4, -0.2) is 19.5 Å². The van der Waals surface area contributed by atoms with Crippen LogP contribution in [-0.2, 0) is 0 Å². The van der Waals surface area contributed by atoms with Gasteiger partial charge in [0, 0.05) is 18.2 Å². The number of rotatable bonds is 7. The predicted octanol–water partition coefficient (Wildman–Crippen LogP) is 3.22. The van der Waals surface area contributed by atoms with Gasteiger partial charge in [0.2, 0.25) is 0 Å². The number of alkyl halides is 3. The number of benzene rings is 1. The van der Waals surface area contributed by atoms with E-state index in [-0.39, 0.29) is 18.3 Å². The molecular weight excluding hydrogens is 281 g/mol. The van der Waals surface area contributed by atoms with Gasteiger partial charge in [-0.2, -0.15) is 0 Å². The van der Waals surface area contributed by atoms with Crippen molar-refractivity contribution in [2.75, 3.05) is 13.1 Å². The van der Waals surface area contributed by atoms with E-state index in [1.54, 1.807) is 12.1 Å². The van der Waals surface area contributed by atoms with Gasteiger partial charge in [0.1, 0.15) is 5.75 Å². The number of halogens is 3. The number of hydrogen-bond donors (Lipinski definition) is 2. The van der Waals surface area contributed by atoms with Crippen molar-refractivity contribution < 1.29 is 17.9 Å². The van der Waals surface area contributed by atoms with E-state index in [1.807, 2.05) is 0 Å². The molecule has 1 aliphatic carbocycles. The number of nitrogens with one attached hydrogen (secondary N) is 1. The lowest BCUT2D eigenvalue weighted by Gasteiger charge is -2.23. The Morgan fingerprint density at radius 3 is 2.57 bits per heavy atom. The monoisotopic (exact) mass is 302 g/mol. The van der Waals surface area contributed by atoms with Crippen LogP contribution in [0.4, 0.5) is 13.2 Å². The van der Waals surface area contributed by atoms with E-state index in [9.17, 15) is 13.2 Å². The molecule has 2 atom stereocenters. The maximum atomic E-state index is 12.4. The minimum absolute atomic E-state index is 0.188. The molecule has 0 saturated heterocycles. The van der Waals surface area contributed by atoms with Crippen LogP contribution in [0.3, 0.4) is 0 Å². The van der Waals surface area contributed by atoms with E-state index in [1.165, 1.54) is 25.0 Å². The fourth-order valence-corrected chi connectivity index (χ4v) is 2.47. The van der Waals surface area contributed by atoms with Gasteiger partial charge >= 0.3 is 6.36 Å². The molecule has 118 valence electrons. The SMILES string of the molecule is CC(CNC(CN)c1ccccc1OC(F)(F)F)C1CC1. The highest BCUT2D eigenvalue weighted by molar-refractivity contribution is 5.36. The van der Waals surface area contributed by atoms with E-state index in [4.69, 9.17) is 5.73 Å². The van der Waals surface area contributed by atoms with E-state index in [0.29, 0.717) is 11.5 Å². The van der Waals surface area contributed by atoms with E-state index >= 15 is 0 Å². The number of nitrogens with two attached hydrogens (primary N) is 1. The Hall–Kier alpha value is -1.27. The fraction of sp³-hybridized carbons (Fsp3) is 0.600. The van der Waals surface area contributed by atoms with Crippen LogP contribution in [0.5, 0.6) is 5.75 Å². The summed E-state index contributed by atoms with van der Waals surface area (Å²) in [6, 6.07) is 5.80. The van der Waals surface area contributed by atoms with Crippen molar-refractivity contribution in [2.45, 2.75) is 32.2 Å². The summed E-state index contributed by atoms with van der Waals surface area (Å²) >= 11 is 0. The molecular formula is C15H21F3N2O. The summed E-state index contributed by atoms with van der Waals surface area (Å²) < 4.78 is 41.4. The summed E-state index contributed by atoms with van der Waals surface area (Å²) in [6.07, 6.45) is -2.22. The normalized spacial score (nSPS) is 18.3. The molecule has 1 saturated carbocycles. The Kier molecular flexibility index (Phi) is 5.11. The standard InChI is InChI=1S/C15H21F3N2O/c1-10(11-6-7-11)9-20-13(8-19)12-4-2-3-5-14(12)21-15(16,17)18/h2-5,10-11,13,20H,6-9,19H2,1H3. The van der Waals surface area contributed by atoms with Crippen LogP contribution >= 0.6 is 0 Å². The van der Waals surface area contributed by atoms with Crippen molar-refractivity contribution in [3.05, 3.63) is 29.8 Å². The summed E-state index contributed by atoms with van der Waals surface area (Å²) in [4.78, 5) is 0. The topological polar surface area (TPSA) is 47.3 Å². The van der Waals surface area contributed by atoms with Gasteiger partial charge in [-0.25, -0.2) is 0 Å². The summed E-state index contributed by atoms with van der Waals surface area (Å²) in [5, 5.41) is 3.26. The Labute approximate surface area is 122 Å². The Bertz CT molecular complexity index is 460. The zero-order chi connectivity index (χ0) is 15.5. The average molecular weight is 302 g/mol. The highest BCUT2D eigenvalue weighted by atomic mass is 19.4. The van der Waals surface area contributed by atoms with Crippen LogP contribution in [0.1, 0.15) is 31.4 Å². The summed E-state index contributed by atoms with van der Waals surface area (Å²) in [7, 11) is 0. The first-order valence-electron chi connectivity index (χ1n) is 7.19. The molecule has 2 rings (SSSR count). The molecule has 0 aromatic heterocycles. The van der Waals surface area contributed by atoms with Gasteiger partial charge in [-0.3, -0.25) is 0 Å². The maximum absolute atomic E-state index is 12.4. The first kappa shape index (κ1) is 16.1. The quantitative estimate of drug-likeness (QED) is 0.813. The zero-order valence-electron chi connectivity index (χ0n) is 12.0. The molecule has 0 aliphatic heterocycles. The molecule has 0 amide bonds. The highest BCUT2D eigenvalue weighted by Crippen LogP contribution is 2.36. The molecule has 3 nitrogen and oxygen atoms in total. The van der Waals surface area contributed by atoms with Crippen molar-refractivity contribution >= 4 is 0 Å². The second-order valence-corrected chi connectivity index (χ2v) is 5.60. The lowest BCUT2D eigenvalue weighted by atomic mass is 10.0. The largest absolute Gasteiger partial charge is 0.573 e. The molecule has 0 radical (unpaired) electrons. The van der Waals surface area contributed by atoms with E-state index in [0.717, 1.165) is 12.5 Å². The van der Waals surface area contributed by atoms with Gasteiger partial charge in [0.25, 0.3) is 0 Å². The first-order valence-corrected chi connectivity index (χ1v) is 7.19. The Balaban J connectivity index is 2.05. The second-order valence-electron chi connectivity index (χ2n) is 5.60. The molecule has 21 heavy (non-hydrogen) atoms. The Morgan fingerprint density at radius 1 is 1.33 bits per heavy atom. The fourth-order valence-electron chi connectivity index (χ4n) is 2.47. The smallest absolute Gasteiger partial charge is 0.405 e. The van der Waals surface area contributed by atoms with Crippen molar-refractivity contribution in [2.24, 2.45) is 17.6 Å². The van der Waals surface area contributed by atoms with Gasteiger partial charge in [-0.1, -0.05) is 25.1 Å². The third-order valence-electron chi connectivity index (χ3n) is 3.87. The third kappa shape index (κ3) is 4.89. The molecule has 0 bridgehead atoms. The van der Waals surface area contributed by atoms with Crippen LogP contribution < -0.4 is 15.8 Å². The van der Waals surface area contributed by atoms with Crippen molar-refractivity contribution in [3.8, 4) is 5.75 Å². The summed E-state index contributed by atoms with van der Waals surface area (Å²) in [6.45, 7) is 3.11. The zero-order valence-corrected chi connectivity index (χ0v) is 12.0. The number of ether oxygens (including phenoxy) is 1. The minimum Gasteiger partial charge on any atom is -0.405 e. The van der Waals surface area contributed by atoms with Crippen LogP contribution in [0.15, 0.2) is 24.3 Å². The van der Waals surface area contributed by atoms with E-state index in [2.05, 4.69) is 17.0 Å².